The number of hydrogen-bond acceptors (Lipinski definition) is 2. The van der Waals surface area contributed by atoms with Gasteiger partial charge in [-0.25, -0.2) is 9.18 Å². The zero-order valence-electron chi connectivity index (χ0n) is 14.3. The second-order valence-corrected chi connectivity index (χ2v) is 6.50. The van der Waals surface area contributed by atoms with Crippen LogP contribution >= 0.6 is 0 Å². The Balaban J connectivity index is 1.71. The number of urea groups is 1. The first kappa shape index (κ1) is 18.2. The van der Waals surface area contributed by atoms with Gasteiger partial charge in [-0.1, -0.05) is 18.2 Å². The molecule has 132 valence electrons. The van der Waals surface area contributed by atoms with Crippen LogP contribution in [0.3, 0.4) is 0 Å². The third-order valence-electron chi connectivity index (χ3n) is 4.22. The zero-order chi connectivity index (χ0) is 17.5. The van der Waals surface area contributed by atoms with E-state index in [0.717, 1.165) is 0 Å². The van der Waals surface area contributed by atoms with Crippen LogP contribution < -0.4 is 10.6 Å². The first-order valence-corrected chi connectivity index (χ1v) is 8.54. The summed E-state index contributed by atoms with van der Waals surface area (Å²) in [5.41, 5.74) is 0.609. The van der Waals surface area contributed by atoms with E-state index in [2.05, 4.69) is 10.6 Å². The lowest BCUT2D eigenvalue weighted by Crippen LogP contribution is -2.48. The van der Waals surface area contributed by atoms with Crippen molar-refractivity contribution in [2.45, 2.75) is 39.2 Å². The minimum Gasteiger partial charge on any atom is -0.356 e. The summed E-state index contributed by atoms with van der Waals surface area (Å²) in [5, 5.41) is 5.74. The fourth-order valence-electron chi connectivity index (χ4n) is 2.85. The highest BCUT2D eigenvalue weighted by Gasteiger charge is 2.27. The molecule has 1 aliphatic heterocycles. The lowest BCUT2D eigenvalue weighted by Gasteiger charge is -2.32. The number of halogens is 1. The number of rotatable bonds is 5. The number of likely N-dealkylation sites (tertiary alicyclic amines) is 1. The van der Waals surface area contributed by atoms with Gasteiger partial charge < -0.3 is 15.5 Å². The Bertz CT molecular complexity index is 569. The monoisotopic (exact) mass is 335 g/mol. The zero-order valence-corrected chi connectivity index (χ0v) is 14.3. The lowest BCUT2D eigenvalue weighted by molar-refractivity contribution is -0.126. The molecule has 1 aromatic carbocycles. The second-order valence-electron chi connectivity index (χ2n) is 6.50. The Morgan fingerprint density at radius 3 is 2.54 bits per heavy atom. The van der Waals surface area contributed by atoms with Crippen molar-refractivity contribution in [1.82, 2.24) is 15.5 Å². The van der Waals surface area contributed by atoms with Crippen molar-refractivity contribution >= 4 is 11.9 Å². The fourth-order valence-corrected chi connectivity index (χ4v) is 2.85. The maximum Gasteiger partial charge on any atom is 0.317 e. The molecule has 24 heavy (non-hydrogen) atoms. The van der Waals surface area contributed by atoms with Crippen LogP contribution in [0.5, 0.6) is 0 Å². The first-order chi connectivity index (χ1) is 11.5. The van der Waals surface area contributed by atoms with Crippen LogP contribution in [-0.2, 0) is 11.2 Å². The number of carbonyl (C=O) groups is 2. The van der Waals surface area contributed by atoms with Gasteiger partial charge in [0.05, 0.1) is 0 Å². The van der Waals surface area contributed by atoms with Crippen LogP contribution in [0.25, 0.3) is 0 Å². The van der Waals surface area contributed by atoms with Gasteiger partial charge in [-0.15, -0.1) is 0 Å². The molecule has 1 aliphatic rings. The van der Waals surface area contributed by atoms with E-state index in [0.29, 0.717) is 44.5 Å². The average molecular weight is 335 g/mol. The third-order valence-corrected chi connectivity index (χ3v) is 4.22. The number of hydrogen-bond donors (Lipinski definition) is 2. The number of carbonyl (C=O) groups excluding carboxylic acids is 2. The third kappa shape index (κ3) is 5.22. The Labute approximate surface area is 142 Å². The van der Waals surface area contributed by atoms with Crippen molar-refractivity contribution in [3.05, 3.63) is 35.6 Å². The summed E-state index contributed by atoms with van der Waals surface area (Å²) in [6, 6.07) is 6.64. The summed E-state index contributed by atoms with van der Waals surface area (Å²) < 4.78 is 13.5. The van der Waals surface area contributed by atoms with Crippen molar-refractivity contribution in [2.24, 2.45) is 5.92 Å². The predicted molar refractivity (Wildman–Crippen MR) is 91.1 cm³/mol. The highest BCUT2D eigenvalue weighted by atomic mass is 19.1. The number of nitrogens with zero attached hydrogens (tertiary/aromatic N) is 1. The minimum absolute atomic E-state index is 0.00439. The minimum atomic E-state index is -0.240. The molecule has 0 radical (unpaired) electrons. The molecule has 0 unspecified atom stereocenters. The van der Waals surface area contributed by atoms with Gasteiger partial charge in [0.25, 0.3) is 0 Å². The molecular weight excluding hydrogens is 309 g/mol. The van der Waals surface area contributed by atoms with Gasteiger partial charge in [-0.05, 0) is 44.7 Å². The summed E-state index contributed by atoms with van der Waals surface area (Å²) in [4.78, 5) is 25.9. The molecule has 2 rings (SSSR count). The van der Waals surface area contributed by atoms with Crippen molar-refractivity contribution < 1.29 is 14.0 Å². The molecule has 1 heterocycles. The molecular formula is C18H26FN3O2. The quantitative estimate of drug-likeness (QED) is 0.867. The molecule has 0 aliphatic carbocycles. The molecule has 0 spiro atoms. The number of benzene rings is 1. The Kier molecular flexibility index (Phi) is 6.58. The largest absolute Gasteiger partial charge is 0.356 e. The van der Waals surface area contributed by atoms with E-state index in [1.807, 2.05) is 13.8 Å². The summed E-state index contributed by atoms with van der Waals surface area (Å²) in [6.45, 7) is 5.45. The molecule has 2 N–H and O–H groups in total. The number of piperidine rings is 1. The van der Waals surface area contributed by atoms with Crippen LogP contribution in [0.1, 0.15) is 32.3 Å². The highest BCUT2D eigenvalue weighted by molar-refractivity contribution is 5.79. The van der Waals surface area contributed by atoms with Crippen molar-refractivity contribution in [3.8, 4) is 0 Å². The molecule has 0 atom stereocenters. The van der Waals surface area contributed by atoms with Crippen molar-refractivity contribution in [1.29, 1.82) is 0 Å². The first-order valence-electron chi connectivity index (χ1n) is 8.54. The van der Waals surface area contributed by atoms with Gasteiger partial charge in [0.2, 0.25) is 5.91 Å². The predicted octanol–water partition coefficient (Wildman–Crippen LogP) is 2.31. The van der Waals surface area contributed by atoms with Crippen LogP contribution in [0, 0.1) is 11.7 Å². The molecule has 0 aromatic heterocycles. The Morgan fingerprint density at radius 1 is 1.25 bits per heavy atom. The van der Waals surface area contributed by atoms with E-state index in [1.165, 1.54) is 6.07 Å². The molecule has 0 saturated carbocycles. The number of nitrogens with one attached hydrogen (secondary N) is 2. The molecule has 5 nitrogen and oxygen atoms in total. The Hall–Kier alpha value is -2.11. The van der Waals surface area contributed by atoms with E-state index in [9.17, 15) is 14.0 Å². The SMILES string of the molecule is CC(C)NC(=O)N1CCC(C(=O)NCCc2ccccc2F)CC1. The maximum atomic E-state index is 13.5. The van der Waals surface area contributed by atoms with Crippen molar-refractivity contribution in [3.63, 3.8) is 0 Å². The standard InChI is InChI=1S/C18H26FN3O2/c1-13(2)21-18(24)22-11-8-15(9-12-22)17(23)20-10-7-14-5-3-4-6-16(14)19/h3-6,13,15H,7-12H2,1-2H3,(H,20,23)(H,21,24). The van der Waals surface area contributed by atoms with Gasteiger partial charge in [-0.2, -0.15) is 0 Å². The normalized spacial score (nSPS) is 15.4. The van der Waals surface area contributed by atoms with Gasteiger partial charge in [-0.3, -0.25) is 4.79 Å². The van der Waals surface area contributed by atoms with E-state index in [4.69, 9.17) is 0 Å². The van der Waals surface area contributed by atoms with Crippen LogP contribution in [0.4, 0.5) is 9.18 Å². The van der Waals surface area contributed by atoms with Gasteiger partial charge in [0.1, 0.15) is 5.82 Å². The highest BCUT2D eigenvalue weighted by Crippen LogP contribution is 2.17. The molecule has 1 aromatic rings. The summed E-state index contributed by atoms with van der Waals surface area (Å²) in [7, 11) is 0. The topological polar surface area (TPSA) is 61.4 Å². The molecule has 1 fully saturated rings. The lowest BCUT2D eigenvalue weighted by atomic mass is 9.96. The van der Waals surface area contributed by atoms with Crippen LogP contribution in [0.2, 0.25) is 0 Å². The number of amides is 3. The van der Waals surface area contributed by atoms with Gasteiger partial charge >= 0.3 is 6.03 Å². The van der Waals surface area contributed by atoms with Crippen LogP contribution in [-0.4, -0.2) is 42.5 Å². The average Bonchev–Trinajstić information content (AvgIpc) is 2.56. The van der Waals surface area contributed by atoms with Crippen molar-refractivity contribution in [2.75, 3.05) is 19.6 Å². The van der Waals surface area contributed by atoms with E-state index < -0.39 is 0 Å². The van der Waals surface area contributed by atoms with Crippen LogP contribution in [0.15, 0.2) is 24.3 Å². The smallest absolute Gasteiger partial charge is 0.317 e. The summed E-state index contributed by atoms with van der Waals surface area (Å²) in [6.07, 6.45) is 1.81. The van der Waals surface area contributed by atoms with E-state index in [1.54, 1.807) is 23.1 Å². The molecule has 0 bridgehead atoms. The fraction of sp³-hybridized carbons (Fsp3) is 0.556. The van der Waals surface area contributed by atoms with E-state index >= 15 is 0 Å². The Morgan fingerprint density at radius 2 is 1.92 bits per heavy atom. The maximum absolute atomic E-state index is 13.5. The van der Waals surface area contributed by atoms with Gasteiger partial charge in [0.15, 0.2) is 0 Å². The summed E-state index contributed by atoms with van der Waals surface area (Å²) >= 11 is 0. The van der Waals surface area contributed by atoms with E-state index in [-0.39, 0.29) is 29.7 Å². The molecule has 6 heteroatoms. The summed E-state index contributed by atoms with van der Waals surface area (Å²) in [5.74, 6) is -0.319. The van der Waals surface area contributed by atoms with Gasteiger partial charge in [0, 0.05) is 31.6 Å². The molecule has 3 amide bonds. The molecule has 1 saturated heterocycles. The second kappa shape index (κ2) is 8.66.